The monoisotopic (exact) mass is 225 g/mol. The molecular weight excluding hydrogens is 210 g/mol. The lowest BCUT2D eigenvalue weighted by Gasteiger charge is -2.32. The zero-order valence-electron chi connectivity index (χ0n) is 8.99. The van der Waals surface area contributed by atoms with Gasteiger partial charge >= 0.3 is 0 Å². The molecule has 0 unspecified atom stereocenters. The second-order valence-corrected chi connectivity index (χ2v) is 4.42. The maximum absolute atomic E-state index is 5.70. The van der Waals surface area contributed by atoms with Crippen LogP contribution in [0.5, 0.6) is 0 Å². The Bertz CT molecular complexity index is 304. The average molecular weight is 226 g/mol. The molecule has 0 amide bonds. The van der Waals surface area contributed by atoms with E-state index in [0.717, 1.165) is 24.8 Å². The molecule has 3 nitrogen and oxygen atoms in total. The van der Waals surface area contributed by atoms with Crippen molar-refractivity contribution in [1.82, 2.24) is 9.97 Å². The minimum Gasteiger partial charge on any atom is -0.355 e. The fraction of sp³-hybridized carbons (Fsp3) is 0.636. The van der Waals surface area contributed by atoms with Gasteiger partial charge in [-0.3, -0.25) is 0 Å². The normalized spacial score (nSPS) is 18.1. The summed E-state index contributed by atoms with van der Waals surface area (Å²) in [5, 5.41) is 0.460. The van der Waals surface area contributed by atoms with Crippen molar-refractivity contribution in [2.45, 2.75) is 26.2 Å². The molecule has 4 heteroatoms. The number of nitrogens with zero attached hydrogens (tertiary/aromatic N) is 3. The van der Waals surface area contributed by atoms with Crippen molar-refractivity contribution >= 4 is 17.4 Å². The van der Waals surface area contributed by atoms with Gasteiger partial charge in [-0.25, -0.2) is 9.97 Å². The van der Waals surface area contributed by atoms with Crippen molar-refractivity contribution in [3.05, 3.63) is 17.5 Å². The molecule has 0 aromatic carbocycles. The molecule has 0 bridgehead atoms. The van der Waals surface area contributed by atoms with Crippen molar-refractivity contribution < 1.29 is 0 Å². The second kappa shape index (κ2) is 4.79. The molecule has 1 aliphatic rings. The number of aromatic nitrogens is 2. The minimum absolute atomic E-state index is 0.460. The first-order valence-electron chi connectivity index (χ1n) is 5.52. The third-order valence-electron chi connectivity index (χ3n) is 3.12. The second-order valence-electron chi connectivity index (χ2n) is 4.04. The first-order valence-corrected chi connectivity index (χ1v) is 5.90. The zero-order chi connectivity index (χ0) is 10.7. The lowest BCUT2D eigenvalue weighted by atomic mass is 9.94. The molecule has 1 aromatic heterocycles. The van der Waals surface area contributed by atoms with Crippen molar-refractivity contribution in [1.29, 1.82) is 0 Å². The van der Waals surface area contributed by atoms with E-state index in [-0.39, 0.29) is 0 Å². The standard InChI is InChI=1S/C11H16ClN3/c1-2-9-3-5-15(6-4-9)11-8-13-10(12)7-14-11/h7-9H,2-6H2,1H3. The van der Waals surface area contributed by atoms with Gasteiger partial charge in [-0.1, -0.05) is 24.9 Å². The van der Waals surface area contributed by atoms with Crippen LogP contribution in [0.15, 0.2) is 12.4 Å². The van der Waals surface area contributed by atoms with Gasteiger partial charge in [-0.15, -0.1) is 0 Å². The smallest absolute Gasteiger partial charge is 0.147 e. The van der Waals surface area contributed by atoms with Crippen LogP contribution in [0.2, 0.25) is 5.15 Å². The van der Waals surface area contributed by atoms with Gasteiger partial charge in [-0.05, 0) is 18.8 Å². The van der Waals surface area contributed by atoms with Gasteiger partial charge in [0.1, 0.15) is 11.0 Å². The SMILES string of the molecule is CCC1CCN(c2cnc(Cl)cn2)CC1. The number of hydrogen-bond donors (Lipinski definition) is 0. The Labute approximate surface area is 95.5 Å². The molecule has 0 spiro atoms. The van der Waals surface area contributed by atoms with Crippen LogP contribution < -0.4 is 4.90 Å². The van der Waals surface area contributed by atoms with E-state index in [1.807, 2.05) is 0 Å². The lowest BCUT2D eigenvalue weighted by Crippen LogP contribution is -2.34. The first-order chi connectivity index (χ1) is 7.29. The summed E-state index contributed by atoms with van der Waals surface area (Å²) in [6.45, 7) is 4.45. The minimum atomic E-state index is 0.460. The number of anilines is 1. The Kier molecular flexibility index (Phi) is 3.41. The Morgan fingerprint density at radius 1 is 1.33 bits per heavy atom. The zero-order valence-corrected chi connectivity index (χ0v) is 9.74. The van der Waals surface area contributed by atoms with Crippen LogP contribution in [0.3, 0.4) is 0 Å². The summed E-state index contributed by atoms with van der Waals surface area (Å²) in [5.74, 6) is 1.84. The third-order valence-corrected chi connectivity index (χ3v) is 3.32. The van der Waals surface area contributed by atoms with Crippen LogP contribution in [0, 0.1) is 5.92 Å². The average Bonchev–Trinajstić information content (AvgIpc) is 2.30. The van der Waals surface area contributed by atoms with E-state index in [9.17, 15) is 0 Å². The van der Waals surface area contributed by atoms with Crippen LogP contribution in [0.25, 0.3) is 0 Å². The van der Waals surface area contributed by atoms with E-state index in [1.54, 1.807) is 12.4 Å². The van der Waals surface area contributed by atoms with Crippen LogP contribution in [0.1, 0.15) is 26.2 Å². The summed E-state index contributed by atoms with van der Waals surface area (Å²) >= 11 is 5.70. The maximum atomic E-state index is 5.70. The fourth-order valence-corrected chi connectivity index (χ4v) is 2.14. The maximum Gasteiger partial charge on any atom is 0.147 e. The van der Waals surface area contributed by atoms with E-state index in [2.05, 4.69) is 21.8 Å². The summed E-state index contributed by atoms with van der Waals surface area (Å²) in [6.07, 6.45) is 7.19. The summed E-state index contributed by atoms with van der Waals surface area (Å²) in [5.41, 5.74) is 0. The molecule has 0 radical (unpaired) electrons. The predicted molar refractivity (Wildman–Crippen MR) is 62.3 cm³/mol. The summed E-state index contributed by atoms with van der Waals surface area (Å²) in [7, 11) is 0. The quantitative estimate of drug-likeness (QED) is 0.775. The van der Waals surface area contributed by atoms with E-state index < -0.39 is 0 Å². The number of rotatable bonds is 2. The largest absolute Gasteiger partial charge is 0.355 e. The van der Waals surface area contributed by atoms with Crippen molar-refractivity contribution in [3.63, 3.8) is 0 Å². The molecule has 15 heavy (non-hydrogen) atoms. The molecule has 2 rings (SSSR count). The molecular formula is C11H16ClN3. The molecule has 0 aliphatic carbocycles. The van der Waals surface area contributed by atoms with Gasteiger partial charge in [0.05, 0.1) is 12.4 Å². The fourth-order valence-electron chi connectivity index (χ4n) is 2.04. The van der Waals surface area contributed by atoms with Gasteiger partial charge < -0.3 is 4.90 Å². The van der Waals surface area contributed by atoms with Crippen molar-refractivity contribution in [2.75, 3.05) is 18.0 Å². The third kappa shape index (κ3) is 2.59. The van der Waals surface area contributed by atoms with E-state index in [1.165, 1.54) is 19.3 Å². The summed E-state index contributed by atoms with van der Waals surface area (Å²) in [6, 6.07) is 0. The van der Waals surface area contributed by atoms with Gasteiger partial charge in [0.25, 0.3) is 0 Å². The first kappa shape index (κ1) is 10.7. The molecule has 0 atom stereocenters. The van der Waals surface area contributed by atoms with Gasteiger partial charge in [-0.2, -0.15) is 0 Å². The summed E-state index contributed by atoms with van der Waals surface area (Å²) < 4.78 is 0. The Balaban J connectivity index is 1.98. The predicted octanol–water partition coefficient (Wildman–Crippen LogP) is 2.76. The molecule has 2 heterocycles. The van der Waals surface area contributed by atoms with Crippen LogP contribution in [-0.4, -0.2) is 23.1 Å². The van der Waals surface area contributed by atoms with Crippen molar-refractivity contribution in [3.8, 4) is 0 Å². The number of hydrogen-bond acceptors (Lipinski definition) is 3. The molecule has 0 saturated carbocycles. The van der Waals surface area contributed by atoms with Gasteiger partial charge in [0, 0.05) is 13.1 Å². The molecule has 1 aromatic rings. The molecule has 1 aliphatic heterocycles. The Morgan fingerprint density at radius 3 is 2.60 bits per heavy atom. The topological polar surface area (TPSA) is 29.0 Å². The van der Waals surface area contributed by atoms with E-state index in [4.69, 9.17) is 11.6 Å². The molecule has 1 fully saturated rings. The number of piperidine rings is 1. The van der Waals surface area contributed by atoms with E-state index in [0.29, 0.717) is 5.15 Å². The van der Waals surface area contributed by atoms with Crippen molar-refractivity contribution in [2.24, 2.45) is 5.92 Å². The van der Waals surface area contributed by atoms with E-state index >= 15 is 0 Å². The lowest BCUT2D eigenvalue weighted by molar-refractivity contribution is 0.393. The summed E-state index contributed by atoms with van der Waals surface area (Å²) in [4.78, 5) is 10.6. The van der Waals surface area contributed by atoms with Gasteiger partial charge in [0.2, 0.25) is 0 Å². The van der Waals surface area contributed by atoms with Crippen LogP contribution >= 0.6 is 11.6 Å². The van der Waals surface area contributed by atoms with Crippen LogP contribution in [-0.2, 0) is 0 Å². The number of halogens is 1. The Morgan fingerprint density at radius 2 is 2.07 bits per heavy atom. The Hall–Kier alpha value is -0.830. The highest BCUT2D eigenvalue weighted by atomic mass is 35.5. The molecule has 0 N–H and O–H groups in total. The highest BCUT2D eigenvalue weighted by Crippen LogP contribution is 2.23. The van der Waals surface area contributed by atoms with Gasteiger partial charge in [0.15, 0.2) is 0 Å². The molecule has 82 valence electrons. The molecule has 1 saturated heterocycles. The van der Waals surface area contributed by atoms with Crippen LogP contribution in [0.4, 0.5) is 5.82 Å². The highest BCUT2D eigenvalue weighted by Gasteiger charge is 2.18. The highest BCUT2D eigenvalue weighted by molar-refractivity contribution is 6.29.